The minimum atomic E-state index is -0.252. The van der Waals surface area contributed by atoms with E-state index >= 15 is 0 Å². The van der Waals surface area contributed by atoms with E-state index < -0.39 is 0 Å². The number of rotatable bonds is 4. The Balaban J connectivity index is 1.56. The van der Waals surface area contributed by atoms with Gasteiger partial charge in [-0.05, 0) is 30.8 Å². The first-order chi connectivity index (χ1) is 10.8. The van der Waals surface area contributed by atoms with Crippen molar-refractivity contribution in [2.24, 2.45) is 0 Å². The van der Waals surface area contributed by atoms with E-state index in [1.807, 2.05) is 24.3 Å². The summed E-state index contributed by atoms with van der Waals surface area (Å²) in [6.07, 6.45) is 0.709. The summed E-state index contributed by atoms with van der Waals surface area (Å²) < 4.78 is 10.6. The number of benzene rings is 1. The van der Waals surface area contributed by atoms with Crippen LogP contribution in [0.4, 0.5) is 5.69 Å². The van der Waals surface area contributed by atoms with Gasteiger partial charge in [0.25, 0.3) is 0 Å². The molecule has 0 bridgehead atoms. The summed E-state index contributed by atoms with van der Waals surface area (Å²) in [7, 11) is 0. The maximum atomic E-state index is 12.1. The summed E-state index contributed by atoms with van der Waals surface area (Å²) in [5.74, 6) is -0.252. The molecule has 2 aliphatic heterocycles. The van der Waals surface area contributed by atoms with Gasteiger partial charge in [0.2, 0.25) is 0 Å². The molecule has 1 aromatic carbocycles. The van der Waals surface area contributed by atoms with Gasteiger partial charge in [0.1, 0.15) is 6.10 Å². The van der Waals surface area contributed by atoms with Gasteiger partial charge in [-0.25, -0.2) is 4.79 Å². The first-order valence-electron chi connectivity index (χ1n) is 8.12. The van der Waals surface area contributed by atoms with Gasteiger partial charge in [-0.2, -0.15) is 0 Å². The summed E-state index contributed by atoms with van der Waals surface area (Å²) in [6, 6.07) is 7.76. The maximum Gasteiger partial charge on any atom is 0.338 e. The highest BCUT2D eigenvalue weighted by Gasteiger charge is 2.21. The third-order valence-electron chi connectivity index (χ3n) is 4.45. The van der Waals surface area contributed by atoms with Crippen LogP contribution in [0.3, 0.4) is 0 Å². The highest BCUT2D eigenvalue weighted by atomic mass is 16.6. The first-order valence-corrected chi connectivity index (χ1v) is 8.12. The van der Waals surface area contributed by atoms with Crippen LogP contribution in [0.25, 0.3) is 0 Å². The molecule has 1 atom stereocenters. The van der Waals surface area contributed by atoms with Gasteiger partial charge in [-0.3, -0.25) is 0 Å². The van der Waals surface area contributed by atoms with Crippen LogP contribution in [-0.2, 0) is 9.47 Å². The number of likely N-dealkylation sites (N-methyl/N-ethyl adjacent to an activating group) is 1. The lowest BCUT2D eigenvalue weighted by atomic mass is 10.1. The van der Waals surface area contributed by atoms with Gasteiger partial charge in [0.05, 0.1) is 18.8 Å². The molecule has 0 amide bonds. The van der Waals surface area contributed by atoms with E-state index in [9.17, 15) is 4.79 Å². The molecular weight excluding hydrogens is 280 g/mol. The molecule has 1 aromatic rings. The zero-order valence-corrected chi connectivity index (χ0v) is 13.2. The van der Waals surface area contributed by atoms with Gasteiger partial charge in [0.15, 0.2) is 0 Å². The maximum absolute atomic E-state index is 12.1. The predicted octanol–water partition coefficient (Wildman–Crippen LogP) is 1.77. The van der Waals surface area contributed by atoms with Crippen LogP contribution in [0.15, 0.2) is 24.3 Å². The molecule has 0 N–H and O–H groups in total. The Morgan fingerprint density at radius 3 is 2.55 bits per heavy atom. The standard InChI is InChI=1S/C17H24N2O3/c1-2-18-8-10-19(11-9-18)15-5-3-14(4-6-15)17(20)22-16-7-12-21-13-16/h3-6,16H,2,7-13H2,1H3/t16-/m1/s1. The molecule has 0 aromatic heterocycles. The quantitative estimate of drug-likeness (QED) is 0.793. The number of nitrogens with zero attached hydrogens (tertiary/aromatic N) is 2. The van der Waals surface area contributed by atoms with Crippen molar-refractivity contribution in [3.05, 3.63) is 29.8 Å². The lowest BCUT2D eigenvalue weighted by Crippen LogP contribution is -2.46. The van der Waals surface area contributed by atoms with Crippen molar-refractivity contribution >= 4 is 11.7 Å². The summed E-state index contributed by atoms with van der Waals surface area (Å²) in [4.78, 5) is 16.9. The van der Waals surface area contributed by atoms with Gasteiger partial charge >= 0.3 is 5.97 Å². The summed E-state index contributed by atoms with van der Waals surface area (Å²) >= 11 is 0. The molecule has 5 nitrogen and oxygen atoms in total. The highest BCUT2D eigenvalue weighted by molar-refractivity contribution is 5.90. The van der Waals surface area contributed by atoms with E-state index in [1.54, 1.807) is 0 Å². The predicted molar refractivity (Wildman–Crippen MR) is 85.4 cm³/mol. The Bertz CT molecular complexity index is 489. The average Bonchev–Trinajstić information content (AvgIpc) is 3.08. The lowest BCUT2D eigenvalue weighted by Gasteiger charge is -2.35. The monoisotopic (exact) mass is 304 g/mol. The Morgan fingerprint density at radius 1 is 1.23 bits per heavy atom. The fourth-order valence-electron chi connectivity index (χ4n) is 2.96. The van der Waals surface area contributed by atoms with Crippen LogP contribution in [0, 0.1) is 0 Å². The van der Waals surface area contributed by atoms with Crippen molar-refractivity contribution in [2.45, 2.75) is 19.4 Å². The molecular formula is C17H24N2O3. The van der Waals surface area contributed by atoms with Crippen molar-refractivity contribution in [3.8, 4) is 0 Å². The Labute approximate surface area is 131 Å². The second kappa shape index (κ2) is 7.11. The second-order valence-corrected chi connectivity index (χ2v) is 5.86. The number of hydrogen-bond donors (Lipinski definition) is 0. The fourth-order valence-corrected chi connectivity index (χ4v) is 2.96. The molecule has 3 rings (SSSR count). The summed E-state index contributed by atoms with van der Waals surface area (Å²) in [5, 5.41) is 0. The molecule has 0 saturated carbocycles. The third-order valence-corrected chi connectivity index (χ3v) is 4.45. The molecule has 2 saturated heterocycles. The van der Waals surface area contributed by atoms with E-state index in [0.717, 1.165) is 39.1 Å². The zero-order valence-electron chi connectivity index (χ0n) is 13.2. The van der Waals surface area contributed by atoms with Crippen LogP contribution in [0.1, 0.15) is 23.7 Å². The van der Waals surface area contributed by atoms with E-state index in [2.05, 4.69) is 16.7 Å². The van der Waals surface area contributed by atoms with Crippen molar-refractivity contribution in [2.75, 3.05) is 50.8 Å². The number of anilines is 1. The third kappa shape index (κ3) is 3.59. The van der Waals surface area contributed by atoms with E-state index in [4.69, 9.17) is 9.47 Å². The highest BCUT2D eigenvalue weighted by Crippen LogP contribution is 2.19. The zero-order chi connectivity index (χ0) is 15.4. The minimum absolute atomic E-state index is 0.0886. The van der Waals surface area contributed by atoms with Crippen LogP contribution in [-0.4, -0.2) is 62.9 Å². The molecule has 120 valence electrons. The van der Waals surface area contributed by atoms with Gasteiger partial charge in [0, 0.05) is 38.3 Å². The van der Waals surface area contributed by atoms with Crippen molar-refractivity contribution in [1.82, 2.24) is 4.90 Å². The molecule has 0 radical (unpaired) electrons. The van der Waals surface area contributed by atoms with Gasteiger partial charge in [-0.1, -0.05) is 6.92 Å². The largest absolute Gasteiger partial charge is 0.456 e. The van der Waals surface area contributed by atoms with Gasteiger partial charge in [-0.15, -0.1) is 0 Å². The molecule has 0 spiro atoms. The van der Waals surface area contributed by atoms with E-state index in [0.29, 0.717) is 18.8 Å². The number of ether oxygens (including phenoxy) is 2. The van der Waals surface area contributed by atoms with Crippen LogP contribution >= 0.6 is 0 Å². The molecule has 0 aliphatic carbocycles. The summed E-state index contributed by atoms with van der Waals surface area (Å²) in [5.41, 5.74) is 1.79. The van der Waals surface area contributed by atoms with E-state index in [1.165, 1.54) is 5.69 Å². The second-order valence-electron chi connectivity index (χ2n) is 5.86. The molecule has 2 heterocycles. The van der Waals surface area contributed by atoms with E-state index in [-0.39, 0.29) is 12.1 Å². The molecule has 0 unspecified atom stereocenters. The summed E-state index contributed by atoms with van der Waals surface area (Å²) in [6.45, 7) is 8.79. The fraction of sp³-hybridized carbons (Fsp3) is 0.588. The number of carbonyl (C=O) groups is 1. The Morgan fingerprint density at radius 2 is 1.95 bits per heavy atom. The Hall–Kier alpha value is -1.59. The number of piperazine rings is 1. The lowest BCUT2D eigenvalue weighted by molar-refractivity contribution is 0.0270. The SMILES string of the molecule is CCN1CCN(c2ccc(C(=O)O[C@@H]3CCOC3)cc2)CC1. The van der Waals surface area contributed by atoms with Crippen LogP contribution in [0.5, 0.6) is 0 Å². The van der Waals surface area contributed by atoms with Crippen LogP contribution in [0.2, 0.25) is 0 Å². The van der Waals surface area contributed by atoms with Crippen molar-refractivity contribution < 1.29 is 14.3 Å². The normalized spacial score (nSPS) is 22.8. The Kier molecular flexibility index (Phi) is 4.95. The average molecular weight is 304 g/mol. The topological polar surface area (TPSA) is 42.0 Å². The smallest absolute Gasteiger partial charge is 0.338 e. The molecule has 22 heavy (non-hydrogen) atoms. The molecule has 2 aliphatic rings. The number of hydrogen-bond acceptors (Lipinski definition) is 5. The van der Waals surface area contributed by atoms with Crippen molar-refractivity contribution in [1.29, 1.82) is 0 Å². The molecule has 2 fully saturated rings. The minimum Gasteiger partial charge on any atom is -0.456 e. The first kappa shape index (κ1) is 15.3. The number of carbonyl (C=O) groups excluding carboxylic acids is 1. The van der Waals surface area contributed by atoms with Crippen LogP contribution < -0.4 is 4.90 Å². The van der Waals surface area contributed by atoms with Gasteiger partial charge < -0.3 is 19.3 Å². The van der Waals surface area contributed by atoms with Crippen molar-refractivity contribution in [3.63, 3.8) is 0 Å². The number of esters is 1. The molecule has 5 heteroatoms.